The van der Waals surface area contributed by atoms with Gasteiger partial charge in [0.2, 0.25) is 0 Å². The first-order chi connectivity index (χ1) is 9.65. The molecule has 1 aliphatic rings. The van der Waals surface area contributed by atoms with E-state index in [1.54, 1.807) is 0 Å². The predicted molar refractivity (Wildman–Crippen MR) is 85.4 cm³/mol. The third kappa shape index (κ3) is 2.74. The van der Waals surface area contributed by atoms with Crippen LogP contribution in [0.3, 0.4) is 0 Å². The lowest BCUT2D eigenvalue weighted by Gasteiger charge is -2.39. The van der Waals surface area contributed by atoms with E-state index in [-0.39, 0.29) is 0 Å². The second-order valence-corrected chi connectivity index (χ2v) is 6.57. The SMILES string of the molecule is CC1(C)CCCCC1Nc1cccc(-n2cccc2)c1. The molecule has 1 saturated carbocycles. The van der Waals surface area contributed by atoms with Crippen molar-refractivity contribution in [3.8, 4) is 5.69 Å². The van der Waals surface area contributed by atoms with E-state index in [0.717, 1.165) is 0 Å². The molecule has 1 fully saturated rings. The summed E-state index contributed by atoms with van der Waals surface area (Å²) >= 11 is 0. The molecular formula is C18H24N2. The second-order valence-electron chi connectivity index (χ2n) is 6.57. The summed E-state index contributed by atoms with van der Waals surface area (Å²) in [5, 5.41) is 3.76. The minimum atomic E-state index is 0.391. The van der Waals surface area contributed by atoms with Crippen LogP contribution in [-0.2, 0) is 0 Å². The number of anilines is 1. The minimum Gasteiger partial charge on any atom is -0.382 e. The van der Waals surface area contributed by atoms with E-state index in [2.05, 4.69) is 72.5 Å². The summed E-state index contributed by atoms with van der Waals surface area (Å²) in [6, 6.07) is 13.4. The van der Waals surface area contributed by atoms with Crippen LogP contribution in [0.1, 0.15) is 39.5 Å². The highest BCUT2D eigenvalue weighted by atomic mass is 15.0. The molecule has 0 spiro atoms. The number of aromatic nitrogens is 1. The van der Waals surface area contributed by atoms with E-state index in [1.165, 1.54) is 37.1 Å². The molecule has 1 atom stereocenters. The average molecular weight is 268 g/mol. The van der Waals surface area contributed by atoms with Gasteiger partial charge in [0, 0.05) is 29.8 Å². The van der Waals surface area contributed by atoms with Gasteiger partial charge < -0.3 is 9.88 Å². The Morgan fingerprint density at radius 1 is 1.10 bits per heavy atom. The number of nitrogens with one attached hydrogen (secondary N) is 1. The lowest BCUT2D eigenvalue weighted by molar-refractivity contribution is 0.217. The molecule has 1 aromatic heterocycles. The van der Waals surface area contributed by atoms with Gasteiger partial charge >= 0.3 is 0 Å². The normalized spacial score (nSPS) is 21.6. The Morgan fingerprint density at radius 2 is 1.90 bits per heavy atom. The molecule has 2 nitrogen and oxygen atoms in total. The van der Waals surface area contributed by atoms with E-state index in [1.807, 2.05) is 0 Å². The molecule has 0 aliphatic heterocycles. The van der Waals surface area contributed by atoms with Gasteiger partial charge in [0.25, 0.3) is 0 Å². The topological polar surface area (TPSA) is 17.0 Å². The summed E-state index contributed by atoms with van der Waals surface area (Å²) in [6.45, 7) is 4.78. The zero-order valence-electron chi connectivity index (χ0n) is 12.5. The molecule has 106 valence electrons. The van der Waals surface area contributed by atoms with E-state index >= 15 is 0 Å². The van der Waals surface area contributed by atoms with Crippen LogP contribution in [0.15, 0.2) is 48.8 Å². The van der Waals surface area contributed by atoms with Crippen LogP contribution in [0.2, 0.25) is 0 Å². The maximum Gasteiger partial charge on any atom is 0.0469 e. The Kier molecular flexibility index (Phi) is 3.56. The third-order valence-corrected chi connectivity index (χ3v) is 4.60. The first-order valence-electron chi connectivity index (χ1n) is 7.65. The maximum atomic E-state index is 3.76. The zero-order chi connectivity index (χ0) is 14.0. The van der Waals surface area contributed by atoms with Crippen molar-refractivity contribution in [2.24, 2.45) is 5.41 Å². The number of benzene rings is 1. The monoisotopic (exact) mass is 268 g/mol. The first-order valence-corrected chi connectivity index (χ1v) is 7.65. The summed E-state index contributed by atoms with van der Waals surface area (Å²) in [6.07, 6.45) is 9.49. The number of nitrogens with zero attached hydrogens (tertiary/aromatic N) is 1. The van der Waals surface area contributed by atoms with Gasteiger partial charge in [-0.1, -0.05) is 32.8 Å². The van der Waals surface area contributed by atoms with E-state index in [4.69, 9.17) is 0 Å². The van der Waals surface area contributed by atoms with Crippen LogP contribution < -0.4 is 5.32 Å². The fourth-order valence-corrected chi connectivity index (χ4v) is 3.23. The van der Waals surface area contributed by atoms with Crippen LogP contribution >= 0.6 is 0 Å². The quantitative estimate of drug-likeness (QED) is 0.841. The Bertz CT molecular complexity index is 555. The van der Waals surface area contributed by atoms with E-state index in [9.17, 15) is 0 Å². The molecular weight excluding hydrogens is 244 g/mol. The maximum absolute atomic E-state index is 3.76. The molecule has 0 amide bonds. The van der Waals surface area contributed by atoms with Crippen molar-refractivity contribution in [1.82, 2.24) is 4.57 Å². The lowest BCUT2D eigenvalue weighted by Crippen LogP contribution is -2.38. The van der Waals surface area contributed by atoms with Crippen molar-refractivity contribution in [2.75, 3.05) is 5.32 Å². The minimum absolute atomic E-state index is 0.391. The van der Waals surface area contributed by atoms with Gasteiger partial charge in [-0.15, -0.1) is 0 Å². The first kappa shape index (κ1) is 13.3. The van der Waals surface area contributed by atoms with Crippen LogP contribution in [-0.4, -0.2) is 10.6 Å². The molecule has 0 bridgehead atoms. The van der Waals surface area contributed by atoms with Gasteiger partial charge in [-0.25, -0.2) is 0 Å². The highest BCUT2D eigenvalue weighted by Crippen LogP contribution is 2.37. The van der Waals surface area contributed by atoms with Crippen LogP contribution in [0, 0.1) is 5.41 Å². The molecule has 3 rings (SSSR count). The van der Waals surface area contributed by atoms with Gasteiger partial charge in [-0.2, -0.15) is 0 Å². The number of rotatable bonds is 3. The summed E-state index contributed by atoms with van der Waals surface area (Å²) < 4.78 is 2.15. The Balaban J connectivity index is 1.79. The lowest BCUT2D eigenvalue weighted by atomic mass is 9.73. The highest BCUT2D eigenvalue weighted by Gasteiger charge is 2.31. The van der Waals surface area contributed by atoms with Gasteiger partial charge in [-0.3, -0.25) is 0 Å². The zero-order valence-corrected chi connectivity index (χ0v) is 12.5. The van der Waals surface area contributed by atoms with Gasteiger partial charge in [0.05, 0.1) is 0 Å². The standard InChI is InChI=1S/C18H24N2/c1-18(2)11-4-3-10-17(18)19-15-8-7-9-16(14-15)20-12-5-6-13-20/h5-9,12-14,17,19H,3-4,10-11H2,1-2H3. The molecule has 1 heterocycles. The summed E-state index contributed by atoms with van der Waals surface area (Å²) in [4.78, 5) is 0. The predicted octanol–water partition coefficient (Wildman–Crippen LogP) is 4.86. The molecule has 2 heteroatoms. The molecule has 0 radical (unpaired) electrons. The summed E-state index contributed by atoms with van der Waals surface area (Å²) in [7, 11) is 0. The van der Waals surface area contributed by atoms with Gasteiger partial charge in [0.1, 0.15) is 0 Å². The molecule has 1 aliphatic carbocycles. The molecule has 1 aromatic carbocycles. The van der Waals surface area contributed by atoms with Crippen molar-refractivity contribution >= 4 is 5.69 Å². The van der Waals surface area contributed by atoms with Gasteiger partial charge in [0.15, 0.2) is 0 Å². The van der Waals surface area contributed by atoms with Gasteiger partial charge in [-0.05, 0) is 48.6 Å². The second kappa shape index (κ2) is 5.35. The van der Waals surface area contributed by atoms with Crippen LogP contribution in [0.5, 0.6) is 0 Å². The summed E-state index contributed by atoms with van der Waals surface area (Å²) in [5.74, 6) is 0. The van der Waals surface area contributed by atoms with Crippen LogP contribution in [0.4, 0.5) is 5.69 Å². The molecule has 1 N–H and O–H groups in total. The van der Waals surface area contributed by atoms with Crippen LogP contribution in [0.25, 0.3) is 5.69 Å². The molecule has 1 unspecified atom stereocenters. The molecule has 2 aromatic rings. The number of hydrogen-bond acceptors (Lipinski definition) is 1. The number of hydrogen-bond donors (Lipinski definition) is 1. The van der Waals surface area contributed by atoms with Crippen molar-refractivity contribution < 1.29 is 0 Å². The van der Waals surface area contributed by atoms with Crippen molar-refractivity contribution in [3.63, 3.8) is 0 Å². The smallest absolute Gasteiger partial charge is 0.0469 e. The van der Waals surface area contributed by atoms with E-state index in [0.29, 0.717) is 11.5 Å². The fourth-order valence-electron chi connectivity index (χ4n) is 3.23. The average Bonchev–Trinajstić information content (AvgIpc) is 2.96. The molecule has 20 heavy (non-hydrogen) atoms. The summed E-state index contributed by atoms with van der Waals surface area (Å²) in [5.41, 5.74) is 2.84. The Hall–Kier alpha value is -1.70. The Labute approximate surface area is 121 Å². The fraction of sp³-hybridized carbons (Fsp3) is 0.444. The third-order valence-electron chi connectivity index (χ3n) is 4.60. The molecule has 0 saturated heterocycles. The van der Waals surface area contributed by atoms with Crippen molar-refractivity contribution in [3.05, 3.63) is 48.8 Å². The van der Waals surface area contributed by atoms with E-state index < -0.39 is 0 Å². The van der Waals surface area contributed by atoms with Crippen molar-refractivity contribution in [2.45, 2.75) is 45.6 Å². The largest absolute Gasteiger partial charge is 0.382 e. The Morgan fingerprint density at radius 3 is 2.65 bits per heavy atom. The highest BCUT2D eigenvalue weighted by molar-refractivity contribution is 5.52. The van der Waals surface area contributed by atoms with Crippen molar-refractivity contribution in [1.29, 1.82) is 0 Å².